The lowest BCUT2D eigenvalue weighted by Gasteiger charge is -2.26. The molecular weight excluding hydrogens is 192 g/mol. The van der Waals surface area contributed by atoms with Gasteiger partial charge in [0.25, 0.3) is 0 Å². The molecule has 0 spiro atoms. The summed E-state index contributed by atoms with van der Waals surface area (Å²) in [6.07, 6.45) is 3.14. The average Bonchev–Trinajstić information content (AvgIpc) is 2.21. The molecule has 4 nitrogen and oxygen atoms in total. The Kier molecular flexibility index (Phi) is 2.80. The smallest absolute Gasteiger partial charge is 0.166 e. The molecule has 0 unspecified atom stereocenters. The monoisotopic (exact) mass is 201 g/mol. The first-order valence-corrected chi connectivity index (χ1v) is 5.54. The van der Waals surface area contributed by atoms with Crippen LogP contribution < -0.4 is 9.66 Å². The summed E-state index contributed by atoms with van der Waals surface area (Å²) in [5.74, 6) is 2.02. The third-order valence-corrected chi connectivity index (χ3v) is 2.78. The molecular formula is C6H9N4S2. The van der Waals surface area contributed by atoms with Gasteiger partial charge in [0.2, 0.25) is 0 Å². The van der Waals surface area contributed by atoms with Gasteiger partial charge >= 0.3 is 0 Å². The summed E-state index contributed by atoms with van der Waals surface area (Å²) >= 11 is 3.07. The molecule has 0 aromatic carbocycles. The van der Waals surface area contributed by atoms with Crippen molar-refractivity contribution in [2.75, 3.05) is 12.3 Å². The molecule has 0 bridgehead atoms. The number of hydrogen-bond acceptors (Lipinski definition) is 5. The molecule has 0 aliphatic carbocycles. The van der Waals surface area contributed by atoms with Crippen molar-refractivity contribution in [1.82, 2.24) is 14.7 Å². The Morgan fingerprint density at radius 3 is 3.25 bits per heavy atom. The predicted molar refractivity (Wildman–Crippen MR) is 53.2 cm³/mol. The second kappa shape index (κ2) is 4.06. The van der Waals surface area contributed by atoms with Crippen LogP contribution in [0.4, 0.5) is 0 Å². The zero-order valence-electron chi connectivity index (χ0n) is 6.43. The summed E-state index contributed by atoms with van der Waals surface area (Å²) in [6, 6.07) is 0. The third-order valence-electron chi connectivity index (χ3n) is 1.52. The highest BCUT2D eigenvalue weighted by Crippen LogP contribution is 2.13. The fraction of sp³-hybridized carbons (Fsp3) is 0.500. The topological polar surface area (TPSA) is 41.7 Å². The van der Waals surface area contributed by atoms with E-state index in [1.807, 2.05) is 16.5 Å². The standard InChI is InChI=1S/C6H9N4S2/c1-3-10(9-12-4-1)6-2-5-11-8-7-6/h2,5,8H,1,3-4H2. The molecule has 1 N–H and O–H groups in total. The minimum atomic E-state index is 0.904. The van der Waals surface area contributed by atoms with Gasteiger partial charge < -0.3 is 0 Å². The number of hydrazone groups is 1. The Hall–Kier alpha value is -0.330. The average molecular weight is 201 g/mol. The minimum absolute atomic E-state index is 0.904. The minimum Gasteiger partial charge on any atom is -0.262 e. The maximum atomic E-state index is 4.27. The van der Waals surface area contributed by atoms with Crippen molar-refractivity contribution in [3.05, 3.63) is 11.5 Å². The second-order valence-corrected chi connectivity index (χ2v) is 3.89. The molecule has 0 aromatic heterocycles. The summed E-state index contributed by atoms with van der Waals surface area (Å²) in [6.45, 7) is 0.975. The van der Waals surface area contributed by atoms with Gasteiger partial charge in [-0.05, 0) is 41.8 Å². The lowest BCUT2D eigenvalue weighted by Crippen LogP contribution is -2.38. The van der Waals surface area contributed by atoms with Crippen molar-refractivity contribution < 1.29 is 0 Å². The highest BCUT2D eigenvalue weighted by Gasteiger charge is 2.15. The van der Waals surface area contributed by atoms with Crippen molar-refractivity contribution in [3.8, 4) is 0 Å². The zero-order valence-corrected chi connectivity index (χ0v) is 8.07. The second-order valence-electron chi connectivity index (χ2n) is 2.37. The van der Waals surface area contributed by atoms with Gasteiger partial charge in [0.1, 0.15) is 0 Å². The highest BCUT2D eigenvalue weighted by atomic mass is 32.2. The first-order chi connectivity index (χ1) is 5.97. The maximum absolute atomic E-state index is 4.27. The van der Waals surface area contributed by atoms with Crippen LogP contribution in [0.15, 0.2) is 16.6 Å². The van der Waals surface area contributed by atoms with Crippen LogP contribution in [0.3, 0.4) is 0 Å². The Labute approximate surface area is 80.1 Å². The maximum Gasteiger partial charge on any atom is 0.166 e. The lowest BCUT2D eigenvalue weighted by atomic mass is 10.4. The Bertz CT molecular complexity index is 210. The van der Waals surface area contributed by atoms with Gasteiger partial charge in [-0.2, -0.15) is 0 Å². The van der Waals surface area contributed by atoms with Crippen molar-refractivity contribution in [2.24, 2.45) is 5.10 Å². The summed E-state index contributed by atoms with van der Waals surface area (Å²) in [5.41, 5.74) is 0. The van der Waals surface area contributed by atoms with Gasteiger partial charge in [-0.1, -0.05) is 4.83 Å². The molecule has 65 valence electrons. The van der Waals surface area contributed by atoms with Crippen LogP contribution in [0.5, 0.6) is 0 Å². The van der Waals surface area contributed by atoms with E-state index < -0.39 is 0 Å². The van der Waals surface area contributed by atoms with E-state index in [9.17, 15) is 0 Å². The van der Waals surface area contributed by atoms with Crippen molar-refractivity contribution in [2.45, 2.75) is 6.42 Å². The van der Waals surface area contributed by atoms with E-state index in [1.54, 1.807) is 11.9 Å². The molecule has 0 saturated carbocycles. The zero-order chi connectivity index (χ0) is 8.23. The summed E-state index contributed by atoms with van der Waals surface area (Å²) in [5, 5.41) is 8.01. The van der Waals surface area contributed by atoms with Crippen molar-refractivity contribution in [3.63, 3.8) is 0 Å². The van der Waals surface area contributed by atoms with E-state index >= 15 is 0 Å². The van der Waals surface area contributed by atoms with E-state index in [2.05, 4.69) is 14.8 Å². The number of nitrogens with zero attached hydrogens (tertiary/aromatic N) is 3. The first kappa shape index (κ1) is 8.28. The van der Waals surface area contributed by atoms with Crippen LogP contribution in [0.25, 0.3) is 0 Å². The predicted octanol–water partition coefficient (Wildman–Crippen LogP) is 0.938. The van der Waals surface area contributed by atoms with Gasteiger partial charge in [0.15, 0.2) is 5.84 Å². The number of hydrogen-bond donors (Lipinski definition) is 1. The Balaban J connectivity index is 1.97. The number of rotatable bonds is 0. The molecule has 1 radical (unpaired) electrons. The lowest BCUT2D eigenvalue weighted by molar-refractivity contribution is 0.377. The fourth-order valence-corrected chi connectivity index (χ4v) is 2.01. The van der Waals surface area contributed by atoms with E-state index in [1.165, 1.54) is 18.4 Å². The molecule has 0 atom stereocenters. The normalized spacial score (nSPS) is 23.3. The van der Waals surface area contributed by atoms with E-state index in [0.29, 0.717) is 0 Å². The van der Waals surface area contributed by atoms with Gasteiger partial charge in [-0.25, -0.2) is 4.83 Å². The van der Waals surface area contributed by atoms with Crippen LogP contribution in [0, 0.1) is 0 Å². The number of nitrogens with one attached hydrogen (secondary N) is 1. The van der Waals surface area contributed by atoms with Crippen LogP contribution in [-0.4, -0.2) is 23.1 Å². The highest BCUT2D eigenvalue weighted by molar-refractivity contribution is 8.00. The molecule has 0 amide bonds. The fourth-order valence-electron chi connectivity index (χ4n) is 0.966. The molecule has 6 heteroatoms. The van der Waals surface area contributed by atoms with Gasteiger partial charge in [-0.3, -0.25) is 5.01 Å². The quantitative estimate of drug-likeness (QED) is 0.592. The molecule has 2 aliphatic rings. The largest absolute Gasteiger partial charge is 0.262 e. The van der Waals surface area contributed by atoms with Gasteiger partial charge in [0.05, 0.1) is 0 Å². The molecule has 2 aliphatic heterocycles. The molecule has 1 fully saturated rings. The van der Waals surface area contributed by atoms with Crippen molar-refractivity contribution in [1.29, 1.82) is 0 Å². The summed E-state index contributed by atoms with van der Waals surface area (Å²) in [7, 11) is 0. The molecule has 1 saturated heterocycles. The van der Waals surface area contributed by atoms with Gasteiger partial charge in [-0.15, -0.1) is 5.10 Å². The Morgan fingerprint density at radius 2 is 2.58 bits per heavy atom. The van der Waals surface area contributed by atoms with Crippen molar-refractivity contribution >= 4 is 29.7 Å². The SMILES string of the molecule is C1=CC(N2CCCS[N]2)=NNS1. The molecule has 12 heavy (non-hydrogen) atoms. The van der Waals surface area contributed by atoms with Crippen LogP contribution in [-0.2, 0) is 0 Å². The van der Waals surface area contributed by atoms with E-state index in [0.717, 1.165) is 18.1 Å². The summed E-state index contributed by atoms with van der Waals surface area (Å²) < 4.78 is 0. The van der Waals surface area contributed by atoms with E-state index in [-0.39, 0.29) is 0 Å². The van der Waals surface area contributed by atoms with Crippen LogP contribution in [0.2, 0.25) is 0 Å². The van der Waals surface area contributed by atoms with Crippen LogP contribution in [0.1, 0.15) is 6.42 Å². The first-order valence-electron chi connectivity index (χ1n) is 3.72. The Morgan fingerprint density at radius 1 is 1.58 bits per heavy atom. The molecule has 2 heterocycles. The van der Waals surface area contributed by atoms with Crippen LogP contribution >= 0.6 is 23.9 Å². The van der Waals surface area contributed by atoms with E-state index in [4.69, 9.17) is 0 Å². The molecule has 0 aromatic rings. The molecule has 2 rings (SSSR count). The van der Waals surface area contributed by atoms with Gasteiger partial charge in [0, 0.05) is 12.3 Å². The summed E-state index contributed by atoms with van der Waals surface area (Å²) in [4.78, 5) is 7.11. The number of amidine groups is 1. The third kappa shape index (κ3) is 1.88.